The quantitative estimate of drug-likeness (QED) is 0.672. The molecule has 1 heterocycles. The molecule has 114 valence electrons. The predicted molar refractivity (Wildman–Crippen MR) is 87.8 cm³/mol. The van der Waals surface area contributed by atoms with Gasteiger partial charge in [-0.3, -0.25) is 0 Å². The molecule has 13 heteroatoms. The molecule has 1 aromatic heterocycles. The zero-order valence-corrected chi connectivity index (χ0v) is 15.4. The number of aromatic nitrogens is 3. The third-order valence-corrected chi connectivity index (χ3v) is 4.94. The minimum absolute atomic E-state index is 0.158. The number of nitrogens with zero attached hydrogens (tertiary/aromatic N) is 3. The number of hydrogen-bond acceptors (Lipinski definition) is 4. The summed E-state index contributed by atoms with van der Waals surface area (Å²) in [6, 6.07) is -0.158. The van der Waals surface area contributed by atoms with Gasteiger partial charge in [-0.2, -0.15) is 8.17 Å². The molecule has 0 aromatic carbocycles. The Balaban J connectivity index is 2.54. The molecule has 2 rings (SSSR count). The van der Waals surface area contributed by atoms with Crippen molar-refractivity contribution in [1.82, 2.24) is 12.7 Å². The van der Waals surface area contributed by atoms with Crippen molar-refractivity contribution >= 4 is 93.5 Å². The highest BCUT2D eigenvalue weighted by Gasteiger charge is 2.36. The Kier molecular flexibility index (Phi) is 5.26. The second-order valence-corrected chi connectivity index (χ2v) is 12.0. The van der Waals surface area contributed by atoms with Crippen molar-refractivity contribution in [2.24, 2.45) is 0 Å². The van der Waals surface area contributed by atoms with E-state index in [9.17, 15) is 9.59 Å². The maximum atomic E-state index is 12.2. The summed E-state index contributed by atoms with van der Waals surface area (Å²) in [7, 11) is 0. The molecule has 0 aliphatic heterocycles. The Bertz CT molecular complexity index is 575. The van der Waals surface area contributed by atoms with Gasteiger partial charge in [0.2, 0.25) is 0 Å². The highest BCUT2D eigenvalue weighted by molar-refractivity contribution is 8.05. The average Bonchev–Trinajstić information content (AvgIpc) is 3.01. The molecular formula is C7H5Cl6N3O2S2. The normalized spacial score (nSPS) is 16.7. The van der Waals surface area contributed by atoms with Crippen LogP contribution in [0.5, 0.6) is 0 Å². The van der Waals surface area contributed by atoms with Gasteiger partial charge in [-0.25, -0.2) is 14.2 Å². The Morgan fingerprint density at radius 1 is 0.850 bits per heavy atom. The summed E-state index contributed by atoms with van der Waals surface area (Å²) in [6.45, 7) is 0. The van der Waals surface area contributed by atoms with Gasteiger partial charge in [-0.1, -0.05) is 69.6 Å². The molecule has 5 nitrogen and oxygen atoms in total. The summed E-state index contributed by atoms with van der Waals surface area (Å²) in [5.74, 6) is 0. The van der Waals surface area contributed by atoms with Crippen LogP contribution >= 0.6 is 93.5 Å². The van der Waals surface area contributed by atoms with E-state index in [0.29, 0.717) is 23.9 Å². The number of halogens is 6. The summed E-state index contributed by atoms with van der Waals surface area (Å²) in [5, 5.41) is 0. The van der Waals surface area contributed by atoms with Crippen LogP contribution < -0.4 is 11.4 Å². The topological polar surface area (TPSA) is 48.9 Å². The van der Waals surface area contributed by atoms with Crippen molar-refractivity contribution in [3.63, 3.8) is 0 Å². The molecule has 1 saturated carbocycles. The summed E-state index contributed by atoms with van der Waals surface area (Å²) in [6.07, 6.45) is 1.46. The first-order valence-electron chi connectivity index (χ1n) is 4.98. The highest BCUT2D eigenvalue weighted by atomic mass is 35.6. The standard InChI is InChI=1S/C7H5Cl6N3O2S2/c8-6(9,10)19-15-4(17)14(3-1-2-3)5(18)16(15)20-7(11,12)13/h3H,1-2H2. The van der Waals surface area contributed by atoms with Crippen molar-refractivity contribution in [2.75, 3.05) is 0 Å². The van der Waals surface area contributed by atoms with Crippen LogP contribution in [0.25, 0.3) is 0 Å². The summed E-state index contributed by atoms with van der Waals surface area (Å²) in [4.78, 5) is 24.4. The summed E-state index contributed by atoms with van der Waals surface area (Å²) in [5.41, 5.74) is -1.26. The number of hydrogen-bond donors (Lipinski definition) is 0. The molecule has 1 aliphatic rings. The van der Waals surface area contributed by atoms with Crippen LogP contribution in [0.1, 0.15) is 18.9 Å². The van der Waals surface area contributed by atoms with Crippen molar-refractivity contribution in [3.8, 4) is 0 Å². The lowest BCUT2D eigenvalue weighted by Crippen LogP contribution is -2.27. The first-order chi connectivity index (χ1) is 8.99. The van der Waals surface area contributed by atoms with Gasteiger partial charge in [0.25, 0.3) is 6.25 Å². The number of rotatable bonds is 3. The van der Waals surface area contributed by atoms with Crippen LogP contribution in [0.4, 0.5) is 0 Å². The Morgan fingerprint density at radius 3 is 1.45 bits per heavy atom. The maximum Gasteiger partial charge on any atom is 0.358 e. The zero-order chi connectivity index (χ0) is 15.3. The van der Waals surface area contributed by atoms with Crippen LogP contribution in [0, 0.1) is 0 Å². The molecule has 0 radical (unpaired) electrons. The third kappa shape index (κ3) is 4.35. The number of alkyl halides is 6. The summed E-state index contributed by atoms with van der Waals surface area (Å²) < 4.78 is -0.878. The minimum Gasteiger partial charge on any atom is -0.245 e. The van der Waals surface area contributed by atoms with Crippen LogP contribution in [0.15, 0.2) is 9.59 Å². The Hall–Kier alpha value is 1.18. The fourth-order valence-corrected chi connectivity index (χ4v) is 3.80. The Labute approximate surface area is 151 Å². The van der Waals surface area contributed by atoms with Crippen LogP contribution in [-0.4, -0.2) is 19.0 Å². The fraction of sp³-hybridized carbons (Fsp3) is 0.714. The van der Waals surface area contributed by atoms with Crippen molar-refractivity contribution in [3.05, 3.63) is 21.0 Å². The van der Waals surface area contributed by atoms with Gasteiger partial charge in [0.05, 0.1) is 0 Å². The van der Waals surface area contributed by atoms with Gasteiger partial charge in [0.1, 0.15) is 0 Å². The van der Waals surface area contributed by atoms with E-state index in [2.05, 4.69) is 0 Å². The van der Waals surface area contributed by atoms with Gasteiger partial charge >= 0.3 is 11.4 Å². The van der Waals surface area contributed by atoms with E-state index in [-0.39, 0.29) is 6.04 Å². The lowest BCUT2D eigenvalue weighted by atomic mass is 10.7. The zero-order valence-electron chi connectivity index (χ0n) is 9.23. The first kappa shape index (κ1) is 17.5. The van der Waals surface area contributed by atoms with Gasteiger partial charge in [0, 0.05) is 29.9 Å². The monoisotopic (exact) mass is 437 g/mol. The predicted octanol–water partition coefficient (Wildman–Crippen LogP) is 3.79. The lowest BCUT2D eigenvalue weighted by molar-refractivity contribution is 0.681. The lowest BCUT2D eigenvalue weighted by Gasteiger charge is -2.14. The average molecular weight is 440 g/mol. The molecule has 0 N–H and O–H groups in total. The van der Waals surface area contributed by atoms with E-state index >= 15 is 0 Å². The van der Waals surface area contributed by atoms with Gasteiger partial charge in [-0.05, 0) is 12.8 Å². The molecule has 20 heavy (non-hydrogen) atoms. The highest BCUT2D eigenvalue weighted by Crippen LogP contribution is 2.43. The van der Waals surface area contributed by atoms with Crippen molar-refractivity contribution < 1.29 is 0 Å². The maximum absolute atomic E-state index is 12.2. The van der Waals surface area contributed by atoms with E-state index in [1.165, 1.54) is 0 Å². The van der Waals surface area contributed by atoms with Crippen molar-refractivity contribution in [2.45, 2.75) is 25.1 Å². The molecule has 0 unspecified atom stereocenters. The minimum atomic E-state index is -1.85. The first-order valence-corrected chi connectivity index (χ1v) is 8.80. The van der Waals surface area contributed by atoms with Crippen LogP contribution in [0.2, 0.25) is 0 Å². The molecule has 0 spiro atoms. The molecule has 1 aliphatic carbocycles. The van der Waals surface area contributed by atoms with Gasteiger partial charge in [-0.15, -0.1) is 0 Å². The fourth-order valence-electron chi connectivity index (χ4n) is 1.41. The van der Waals surface area contributed by atoms with Gasteiger partial charge < -0.3 is 0 Å². The van der Waals surface area contributed by atoms with Crippen LogP contribution in [-0.2, 0) is 0 Å². The van der Waals surface area contributed by atoms with Crippen LogP contribution in [0.3, 0.4) is 0 Å². The van der Waals surface area contributed by atoms with Crippen molar-refractivity contribution in [1.29, 1.82) is 0 Å². The van der Waals surface area contributed by atoms with E-state index < -0.39 is 17.6 Å². The smallest absolute Gasteiger partial charge is 0.245 e. The van der Waals surface area contributed by atoms with Gasteiger partial charge in [0.15, 0.2) is 0 Å². The third-order valence-electron chi connectivity index (χ3n) is 2.20. The van der Waals surface area contributed by atoms with E-state index in [1.807, 2.05) is 0 Å². The van der Waals surface area contributed by atoms with E-state index in [0.717, 1.165) is 25.6 Å². The summed E-state index contributed by atoms with van der Waals surface area (Å²) >= 11 is 34.9. The molecule has 0 amide bonds. The molecule has 0 bridgehead atoms. The molecule has 1 aromatic rings. The molecular weight excluding hydrogens is 435 g/mol. The SMILES string of the molecule is O=c1n(C2CC2)c(=O)n(SC(Cl)(Cl)Cl)n1SC(Cl)(Cl)Cl. The second kappa shape index (κ2) is 6.00. The second-order valence-electron chi connectivity index (χ2n) is 3.79. The molecule has 0 saturated heterocycles. The van der Waals surface area contributed by atoms with E-state index in [4.69, 9.17) is 69.6 Å². The Morgan fingerprint density at radius 2 is 1.20 bits per heavy atom. The molecule has 1 fully saturated rings. The largest absolute Gasteiger partial charge is 0.358 e. The molecule has 0 atom stereocenters. The van der Waals surface area contributed by atoms with E-state index in [1.54, 1.807) is 0 Å².